The number of nitrogens with zero attached hydrogens (tertiary/aromatic N) is 2. The van der Waals surface area contributed by atoms with Crippen LogP contribution in [0.15, 0.2) is 19.0 Å². The Labute approximate surface area is 60.9 Å². The van der Waals surface area contributed by atoms with E-state index in [1.54, 1.807) is 0 Å². The Morgan fingerprint density at radius 3 is 2.45 bits per heavy atom. The number of hydrogen-bond acceptors (Lipinski definition) is 1. The molecule has 0 spiro atoms. The zero-order chi connectivity index (χ0) is 8.48. The Balaban J connectivity index is 2.98. The molecule has 1 aromatic rings. The number of hydrogen-bond donors (Lipinski definition) is 0. The van der Waals surface area contributed by atoms with Crippen LogP contribution in [0.4, 0.5) is 13.2 Å². The van der Waals surface area contributed by atoms with Crippen LogP contribution in [0.25, 0.3) is 6.20 Å². The Bertz CT molecular complexity index is 261. The molecule has 1 rings (SSSR count). The van der Waals surface area contributed by atoms with E-state index in [-0.39, 0.29) is 0 Å². The lowest BCUT2D eigenvalue weighted by Gasteiger charge is -1.99. The molecule has 5 heteroatoms. The van der Waals surface area contributed by atoms with Gasteiger partial charge in [-0.25, -0.2) is 4.68 Å². The monoisotopic (exact) mass is 162 g/mol. The van der Waals surface area contributed by atoms with Crippen molar-refractivity contribution in [2.45, 2.75) is 6.18 Å². The minimum atomic E-state index is -4.32. The molecule has 11 heavy (non-hydrogen) atoms. The van der Waals surface area contributed by atoms with E-state index in [1.165, 1.54) is 6.20 Å². The van der Waals surface area contributed by atoms with Crippen molar-refractivity contribution in [3.63, 3.8) is 0 Å². The molecule has 0 unspecified atom stereocenters. The smallest absolute Gasteiger partial charge is 0.248 e. The minimum Gasteiger partial charge on any atom is -0.248 e. The molecular formula is C6H5F3N2. The van der Waals surface area contributed by atoms with Crippen molar-refractivity contribution in [3.8, 4) is 0 Å². The van der Waals surface area contributed by atoms with E-state index in [1.807, 2.05) is 0 Å². The lowest BCUT2D eigenvalue weighted by Crippen LogP contribution is -2.02. The summed E-state index contributed by atoms with van der Waals surface area (Å²) in [6.07, 6.45) is -1.51. The van der Waals surface area contributed by atoms with Crippen LogP contribution in [0, 0.1) is 0 Å². The second kappa shape index (κ2) is 2.41. The molecular weight excluding hydrogens is 157 g/mol. The molecule has 0 aliphatic rings. The predicted molar refractivity (Wildman–Crippen MR) is 33.6 cm³/mol. The summed E-state index contributed by atoms with van der Waals surface area (Å²) in [6, 6.07) is 0. The van der Waals surface area contributed by atoms with Crippen molar-refractivity contribution in [3.05, 3.63) is 24.5 Å². The van der Waals surface area contributed by atoms with Crippen molar-refractivity contribution in [2.75, 3.05) is 0 Å². The van der Waals surface area contributed by atoms with Gasteiger partial charge in [-0.3, -0.25) is 0 Å². The summed E-state index contributed by atoms with van der Waals surface area (Å²) in [5.74, 6) is 0. The molecule has 0 aliphatic carbocycles. The average molecular weight is 162 g/mol. The van der Waals surface area contributed by atoms with Crippen molar-refractivity contribution in [1.29, 1.82) is 0 Å². The zero-order valence-electron chi connectivity index (χ0n) is 5.47. The first-order chi connectivity index (χ1) is 5.04. The first-order valence-corrected chi connectivity index (χ1v) is 2.78. The highest BCUT2D eigenvalue weighted by molar-refractivity contribution is 5.19. The van der Waals surface area contributed by atoms with Crippen LogP contribution in [-0.4, -0.2) is 9.78 Å². The molecule has 0 amide bonds. The largest absolute Gasteiger partial charge is 0.419 e. The van der Waals surface area contributed by atoms with Gasteiger partial charge < -0.3 is 0 Å². The fraction of sp³-hybridized carbons (Fsp3) is 0.167. The molecule has 0 aromatic carbocycles. The van der Waals surface area contributed by atoms with E-state index < -0.39 is 11.7 Å². The van der Waals surface area contributed by atoms with Crippen LogP contribution in [-0.2, 0) is 6.18 Å². The standard InChI is InChI=1S/C6H5F3N2/c1-2-11-4-5(3-10-11)6(7,8)9/h2-4H,1H2. The topological polar surface area (TPSA) is 17.8 Å². The first-order valence-electron chi connectivity index (χ1n) is 2.78. The van der Waals surface area contributed by atoms with E-state index in [2.05, 4.69) is 11.7 Å². The summed E-state index contributed by atoms with van der Waals surface area (Å²) in [5, 5.41) is 3.38. The Hall–Kier alpha value is -1.26. The van der Waals surface area contributed by atoms with Gasteiger partial charge in [0.05, 0.1) is 11.8 Å². The molecule has 0 radical (unpaired) electrons. The maximum absolute atomic E-state index is 11.8. The Morgan fingerprint density at radius 2 is 2.18 bits per heavy atom. The number of aromatic nitrogens is 2. The van der Waals surface area contributed by atoms with Crippen LogP contribution < -0.4 is 0 Å². The second-order valence-corrected chi connectivity index (χ2v) is 1.89. The maximum Gasteiger partial charge on any atom is 0.419 e. The van der Waals surface area contributed by atoms with E-state index in [0.717, 1.165) is 17.1 Å². The molecule has 0 aliphatic heterocycles. The highest BCUT2D eigenvalue weighted by atomic mass is 19.4. The van der Waals surface area contributed by atoms with Crippen LogP contribution in [0.2, 0.25) is 0 Å². The van der Waals surface area contributed by atoms with E-state index in [9.17, 15) is 13.2 Å². The van der Waals surface area contributed by atoms with Gasteiger partial charge in [0, 0.05) is 12.4 Å². The Kier molecular flexibility index (Phi) is 1.72. The van der Waals surface area contributed by atoms with Gasteiger partial charge >= 0.3 is 6.18 Å². The van der Waals surface area contributed by atoms with E-state index in [0.29, 0.717) is 0 Å². The normalized spacial score (nSPS) is 11.5. The number of rotatable bonds is 1. The van der Waals surface area contributed by atoms with Crippen molar-refractivity contribution >= 4 is 6.20 Å². The third-order valence-corrected chi connectivity index (χ3v) is 1.12. The summed E-state index contributed by atoms with van der Waals surface area (Å²) in [6.45, 7) is 3.26. The zero-order valence-corrected chi connectivity index (χ0v) is 5.47. The first kappa shape index (κ1) is 7.84. The highest BCUT2D eigenvalue weighted by Gasteiger charge is 2.31. The molecule has 2 nitrogen and oxygen atoms in total. The van der Waals surface area contributed by atoms with Crippen molar-refractivity contribution in [2.24, 2.45) is 0 Å². The van der Waals surface area contributed by atoms with Crippen molar-refractivity contribution in [1.82, 2.24) is 9.78 Å². The minimum absolute atomic E-state index is 0.752. The van der Waals surface area contributed by atoms with Crippen LogP contribution in [0.3, 0.4) is 0 Å². The van der Waals surface area contributed by atoms with Gasteiger partial charge in [-0.15, -0.1) is 0 Å². The molecule has 0 atom stereocenters. The summed E-state index contributed by atoms with van der Waals surface area (Å²) in [4.78, 5) is 0. The predicted octanol–water partition coefficient (Wildman–Crippen LogP) is 2.00. The maximum atomic E-state index is 11.8. The van der Waals surface area contributed by atoms with Gasteiger partial charge in [0.15, 0.2) is 0 Å². The Morgan fingerprint density at radius 1 is 1.55 bits per heavy atom. The fourth-order valence-electron chi connectivity index (χ4n) is 0.584. The number of halogens is 3. The van der Waals surface area contributed by atoms with Crippen LogP contribution >= 0.6 is 0 Å². The summed E-state index contributed by atoms with van der Waals surface area (Å²) in [5.41, 5.74) is -0.766. The average Bonchev–Trinajstić information content (AvgIpc) is 2.32. The molecule has 0 fully saturated rings. The van der Waals surface area contributed by atoms with Crippen LogP contribution in [0.5, 0.6) is 0 Å². The lowest BCUT2D eigenvalue weighted by molar-refractivity contribution is -0.137. The van der Waals surface area contributed by atoms with Gasteiger partial charge in [-0.1, -0.05) is 6.58 Å². The van der Waals surface area contributed by atoms with Crippen LogP contribution in [0.1, 0.15) is 5.56 Å². The van der Waals surface area contributed by atoms with Gasteiger partial charge in [-0.2, -0.15) is 18.3 Å². The second-order valence-electron chi connectivity index (χ2n) is 1.89. The summed E-state index contributed by atoms with van der Waals surface area (Å²) >= 11 is 0. The van der Waals surface area contributed by atoms with Gasteiger partial charge in [0.2, 0.25) is 0 Å². The van der Waals surface area contributed by atoms with Gasteiger partial charge in [0.25, 0.3) is 0 Å². The summed E-state index contributed by atoms with van der Waals surface area (Å²) < 4.78 is 36.6. The lowest BCUT2D eigenvalue weighted by atomic mass is 10.4. The molecule has 1 heterocycles. The fourth-order valence-corrected chi connectivity index (χ4v) is 0.584. The molecule has 0 saturated carbocycles. The molecule has 0 bridgehead atoms. The highest BCUT2D eigenvalue weighted by Crippen LogP contribution is 2.28. The molecule has 0 saturated heterocycles. The van der Waals surface area contributed by atoms with E-state index in [4.69, 9.17) is 0 Å². The van der Waals surface area contributed by atoms with Crippen molar-refractivity contribution < 1.29 is 13.2 Å². The number of alkyl halides is 3. The third kappa shape index (κ3) is 1.60. The third-order valence-electron chi connectivity index (χ3n) is 1.12. The summed E-state index contributed by atoms with van der Waals surface area (Å²) in [7, 11) is 0. The van der Waals surface area contributed by atoms with E-state index >= 15 is 0 Å². The van der Waals surface area contributed by atoms with Gasteiger partial charge in [-0.05, 0) is 0 Å². The molecule has 1 aromatic heterocycles. The SMILES string of the molecule is C=Cn1cc(C(F)(F)F)cn1. The molecule has 0 N–H and O–H groups in total. The van der Waals surface area contributed by atoms with Gasteiger partial charge in [0.1, 0.15) is 0 Å². The quantitative estimate of drug-likeness (QED) is 0.617. The molecule has 60 valence electrons.